The van der Waals surface area contributed by atoms with Crippen LogP contribution in [-0.4, -0.2) is 21.1 Å². The van der Waals surface area contributed by atoms with Crippen molar-refractivity contribution in [3.8, 4) is 16.9 Å². The Hall–Kier alpha value is -3.02. The lowest BCUT2D eigenvalue weighted by Crippen LogP contribution is -2.45. The summed E-state index contributed by atoms with van der Waals surface area (Å²) in [6.45, 7) is 3.46. The summed E-state index contributed by atoms with van der Waals surface area (Å²) < 4.78 is 7.54. The molecule has 4 rings (SSSR count). The smallest absolute Gasteiger partial charge is 0.274 e. The molecule has 0 radical (unpaired) electrons. The maximum absolute atomic E-state index is 12.3. The van der Waals surface area contributed by atoms with E-state index in [1.807, 2.05) is 24.3 Å². The molecule has 2 aromatic heterocycles. The van der Waals surface area contributed by atoms with Gasteiger partial charge < -0.3 is 19.6 Å². The van der Waals surface area contributed by atoms with E-state index in [4.69, 9.17) is 4.74 Å². The maximum atomic E-state index is 12.3. The van der Waals surface area contributed by atoms with Crippen molar-refractivity contribution < 1.29 is 9.53 Å². The van der Waals surface area contributed by atoms with Crippen LogP contribution in [0.3, 0.4) is 0 Å². The van der Waals surface area contributed by atoms with Crippen LogP contribution in [0.5, 0.6) is 5.75 Å². The Labute approximate surface area is 138 Å². The second-order valence-corrected chi connectivity index (χ2v) is 6.47. The predicted octanol–water partition coefficient (Wildman–Crippen LogP) is 2.64. The number of aromatic amines is 1. The van der Waals surface area contributed by atoms with Crippen LogP contribution >= 0.6 is 0 Å². The Morgan fingerprint density at radius 3 is 2.71 bits per heavy atom. The normalized spacial score (nSPS) is 15.7. The molecule has 1 aromatic carbocycles. The molecule has 0 unspecified atom stereocenters. The topological polar surface area (TPSA) is 76.1 Å². The van der Waals surface area contributed by atoms with Crippen LogP contribution in [0, 0.1) is 0 Å². The van der Waals surface area contributed by atoms with Gasteiger partial charge in [-0.05, 0) is 26.0 Å². The minimum absolute atomic E-state index is 0.0851. The minimum Gasteiger partial charge on any atom is -0.475 e. The van der Waals surface area contributed by atoms with Crippen LogP contribution in [0.15, 0.2) is 41.5 Å². The molecule has 0 atom stereocenters. The summed E-state index contributed by atoms with van der Waals surface area (Å²) >= 11 is 0. The highest BCUT2D eigenvalue weighted by Gasteiger charge is 2.36. The first-order valence-electron chi connectivity index (χ1n) is 7.69. The number of para-hydroxylation sites is 1. The van der Waals surface area contributed by atoms with Gasteiger partial charge in [0.2, 0.25) is 0 Å². The number of fused-ring (bicyclic) bond motifs is 2. The molecule has 24 heavy (non-hydrogen) atoms. The number of aryl methyl sites for hydroxylation is 1. The SMILES string of the molecule is Cn1cc(-c2cccc3c2OC(C)(C)C(=O)N3)c2cc[nH]c2c1=O. The lowest BCUT2D eigenvalue weighted by atomic mass is 9.99. The average Bonchev–Trinajstić information content (AvgIpc) is 3.01. The van der Waals surface area contributed by atoms with Gasteiger partial charge in [-0.3, -0.25) is 9.59 Å². The Morgan fingerprint density at radius 2 is 1.92 bits per heavy atom. The molecule has 122 valence electrons. The first-order valence-corrected chi connectivity index (χ1v) is 7.69. The lowest BCUT2D eigenvalue weighted by molar-refractivity contribution is -0.129. The zero-order chi connectivity index (χ0) is 17.1. The van der Waals surface area contributed by atoms with Gasteiger partial charge in [-0.25, -0.2) is 0 Å². The van der Waals surface area contributed by atoms with Gasteiger partial charge in [-0.1, -0.05) is 12.1 Å². The zero-order valence-electron chi connectivity index (χ0n) is 13.6. The van der Waals surface area contributed by atoms with Crippen molar-refractivity contribution >= 4 is 22.5 Å². The van der Waals surface area contributed by atoms with Gasteiger partial charge in [0.05, 0.1) is 5.69 Å². The maximum Gasteiger partial charge on any atom is 0.274 e. The second-order valence-electron chi connectivity index (χ2n) is 6.47. The summed E-state index contributed by atoms with van der Waals surface area (Å²) in [6, 6.07) is 7.47. The van der Waals surface area contributed by atoms with Gasteiger partial charge in [0, 0.05) is 36.0 Å². The molecule has 0 saturated carbocycles. The van der Waals surface area contributed by atoms with Gasteiger partial charge in [0.15, 0.2) is 11.4 Å². The van der Waals surface area contributed by atoms with Crippen molar-refractivity contribution in [1.29, 1.82) is 0 Å². The summed E-state index contributed by atoms with van der Waals surface area (Å²) in [5.41, 5.74) is 1.85. The molecule has 6 heteroatoms. The fourth-order valence-electron chi connectivity index (χ4n) is 3.02. The van der Waals surface area contributed by atoms with Gasteiger partial charge in [-0.15, -0.1) is 0 Å². The summed E-state index contributed by atoms with van der Waals surface area (Å²) in [5.74, 6) is 0.433. The Morgan fingerprint density at radius 1 is 1.12 bits per heavy atom. The number of hydrogen-bond donors (Lipinski definition) is 2. The third kappa shape index (κ3) is 1.96. The van der Waals surface area contributed by atoms with Crippen LogP contribution in [0.2, 0.25) is 0 Å². The summed E-state index contributed by atoms with van der Waals surface area (Å²) in [4.78, 5) is 27.4. The van der Waals surface area contributed by atoms with Crippen molar-refractivity contribution in [2.75, 3.05) is 5.32 Å². The highest BCUT2D eigenvalue weighted by Crippen LogP contribution is 2.43. The molecule has 0 bridgehead atoms. The summed E-state index contributed by atoms with van der Waals surface area (Å²) in [5, 5.41) is 3.71. The number of nitrogens with one attached hydrogen (secondary N) is 2. The number of pyridine rings is 1. The van der Waals surface area contributed by atoms with E-state index in [1.54, 1.807) is 37.9 Å². The van der Waals surface area contributed by atoms with Gasteiger partial charge in [-0.2, -0.15) is 0 Å². The average molecular weight is 323 g/mol. The molecule has 1 aliphatic heterocycles. The van der Waals surface area contributed by atoms with E-state index in [1.165, 1.54) is 0 Å². The van der Waals surface area contributed by atoms with E-state index in [9.17, 15) is 9.59 Å². The summed E-state index contributed by atoms with van der Waals surface area (Å²) in [6.07, 6.45) is 3.54. The second kappa shape index (κ2) is 4.74. The number of ether oxygens (including phenoxy) is 1. The van der Waals surface area contributed by atoms with Crippen LogP contribution in [0.25, 0.3) is 22.0 Å². The molecule has 0 spiro atoms. The number of hydrogen-bond acceptors (Lipinski definition) is 3. The number of carbonyl (C=O) groups excluding carboxylic acids is 1. The molecule has 0 aliphatic carbocycles. The van der Waals surface area contributed by atoms with Gasteiger partial charge in [0.1, 0.15) is 5.52 Å². The van der Waals surface area contributed by atoms with Crippen LogP contribution in [-0.2, 0) is 11.8 Å². The number of anilines is 1. The summed E-state index contributed by atoms with van der Waals surface area (Å²) in [7, 11) is 1.72. The van der Waals surface area contributed by atoms with E-state index in [2.05, 4.69) is 10.3 Å². The van der Waals surface area contributed by atoms with Crippen molar-refractivity contribution in [3.05, 3.63) is 47.0 Å². The van der Waals surface area contributed by atoms with E-state index < -0.39 is 5.60 Å². The molecule has 3 aromatic rings. The van der Waals surface area contributed by atoms with Crippen molar-refractivity contribution in [2.45, 2.75) is 19.4 Å². The molecule has 1 amide bonds. The van der Waals surface area contributed by atoms with Crippen molar-refractivity contribution in [1.82, 2.24) is 9.55 Å². The van der Waals surface area contributed by atoms with Gasteiger partial charge >= 0.3 is 0 Å². The Bertz CT molecular complexity index is 1040. The third-order valence-electron chi connectivity index (χ3n) is 4.35. The molecular weight excluding hydrogens is 306 g/mol. The van der Waals surface area contributed by atoms with Crippen LogP contribution in [0.1, 0.15) is 13.8 Å². The third-order valence-corrected chi connectivity index (χ3v) is 4.35. The number of rotatable bonds is 1. The highest BCUT2D eigenvalue weighted by molar-refractivity contribution is 6.04. The fourth-order valence-corrected chi connectivity index (χ4v) is 3.02. The number of nitrogens with zero attached hydrogens (tertiary/aromatic N) is 1. The number of benzene rings is 1. The molecule has 0 saturated heterocycles. The molecule has 0 fully saturated rings. The fraction of sp³-hybridized carbons (Fsp3) is 0.222. The molecule has 2 N–H and O–H groups in total. The predicted molar refractivity (Wildman–Crippen MR) is 92.3 cm³/mol. The monoisotopic (exact) mass is 323 g/mol. The lowest BCUT2D eigenvalue weighted by Gasteiger charge is -2.33. The largest absolute Gasteiger partial charge is 0.475 e. The van der Waals surface area contributed by atoms with E-state index >= 15 is 0 Å². The first kappa shape index (κ1) is 14.6. The quantitative estimate of drug-likeness (QED) is 0.723. The molecule has 1 aliphatic rings. The van der Waals surface area contributed by atoms with Gasteiger partial charge in [0.25, 0.3) is 11.5 Å². The number of carbonyl (C=O) groups is 1. The number of aromatic nitrogens is 2. The Kier molecular flexibility index (Phi) is 2.87. The van der Waals surface area contributed by atoms with E-state index in [0.717, 1.165) is 16.5 Å². The minimum atomic E-state index is -0.957. The van der Waals surface area contributed by atoms with Crippen LogP contribution in [0.4, 0.5) is 5.69 Å². The van der Waals surface area contributed by atoms with Crippen molar-refractivity contribution in [3.63, 3.8) is 0 Å². The first-order chi connectivity index (χ1) is 11.4. The Balaban J connectivity index is 2.02. The number of amides is 1. The zero-order valence-corrected chi connectivity index (χ0v) is 13.6. The van der Waals surface area contributed by atoms with Crippen LogP contribution < -0.4 is 15.6 Å². The van der Waals surface area contributed by atoms with Crippen molar-refractivity contribution in [2.24, 2.45) is 7.05 Å². The van der Waals surface area contributed by atoms with E-state index in [0.29, 0.717) is 17.0 Å². The van der Waals surface area contributed by atoms with E-state index in [-0.39, 0.29) is 11.5 Å². The highest BCUT2D eigenvalue weighted by atomic mass is 16.5. The standard InChI is InChI=1S/C18H17N3O3/c1-18(2)17(23)20-13-6-4-5-11(15(13)24-18)12-9-21(3)16(22)14-10(12)7-8-19-14/h4-9,19H,1-3H3,(H,20,23). The molecular formula is C18H17N3O3. The molecule has 6 nitrogen and oxygen atoms in total. The molecule has 3 heterocycles. The number of H-pyrrole nitrogens is 1.